The standard InChI is InChI=1S/C14H19NO5/c1-10(2)20-14(17)9-19-13(16)7-8-18-12-6-4-3-5-11(12)15/h3-6,10H,7-9,15H2,1-2H3. The average Bonchev–Trinajstić information content (AvgIpc) is 2.38. The second-order valence-electron chi connectivity index (χ2n) is 4.34. The summed E-state index contributed by atoms with van der Waals surface area (Å²) < 4.78 is 14.9. The quantitative estimate of drug-likeness (QED) is 0.602. The monoisotopic (exact) mass is 281 g/mol. The van der Waals surface area contributed by atoms with Crippen LogP contribution in [0.15, 0.2) is 24.3 Å². The normalized spacial score (nSPS) is 10.2. The molecule has 0 saturated carbocycles. The molecule has 1 aromatic carbocycles. The number of hydrogen-bond acceptors (Lipinski definition) is 6. The Morgan fingerprint density at radius 1 is 1.20 bits per heavy atom. The predicted molar refractivity (Wildman–Crippen MR) is 73.2 cm³/mol. The fourth-order valence-electron chi connectivity index (χ4n) is 1.36. The SMILES string of the molecule is CC(C)OC(=O)COC(=O)CCOc1ccccc1N. The van der Waals surface area contributed by atoms with Crippen molar-refractivity contribution in [3.63, 3.8) is 0 Å². The summed E-state index contributed by atoms with van der Waals surface area (Å²) in [6.45, 7) is 3.19. The number of hydrogen-bond donors (Lipinski definition) is 1. The van der Waals surface area contributed by atoms with Gasteiger partial charge in [0, 0.05) is 0 Å². The molecule has 0 radical (unpaired) electrons. The summed E-state index contributed by atoms with van der Waals surface area (Å²) in [7, 11) is 0. The van der Waals surface area contributed by atoms with E-state index >= 15 is 0 Å². The molecule has 0 fully saturated rings. The smallest absolute Gasteiger partial charge is 0.344 e. The van der Waals surface area contributed by atoms with Crippen LogP contribution in [0.25, 0.3) is 0 Å². The lowest BCUT2D eigenvalue weighted by Crippen LogP contribution is -2.20. The number of carbonyl (C=O) groups excluding carboxylic acids is 2. The largest absolute Gasteiger partial charge is 0.491 e. The van der Waals surface area contributed by atoms with Gasteiger partial charge in [0.1, 0.15) is 5.75 Å². The maximum atomic E-state index is 11.4. The summed E-state index contributed by atoms with van der Waals surface area (Å²) in [6.07, 6.45) is -0.200. The molecule has 0 spiro atoms. The van der Waals surface area contributed by atoms with Crippen LogP contribution in [0.3, 0.4) is 0 Å². The second-order valence-corrected chi connectivity index (χ2v) is 4.34. The number of ether oxygens (including phenoxy) is 3. The van der Waals surface area contributed by atoms with Gasteiger partial charge in [0.2, 0.25) is 0 Å². The van der Waals surface area contributed by atoms with Gasteiger partial charge in [-0.15, -0.1) is 0 Å². The molecule has 0 amide bonds. The van der Waals surface area contributed by atoms with Crippen LogP contribution < -0.4 is 10.5 Å². The van der Waals surface area contributed by atoms with E-state index in [0.29, 0.717) is 11.4 Å². The van der Waals surface area contributed by atoms with Gasteiger partial charge in [0.25, 0.3) is 0 Å². The van der Waals surface area contributed by atoms with Gasteiger partial charge in [-0.3, -0.25) is 4.79 Å². The molecule has 110 valence electrons. The van der Waals surface area contributed by atoms with E-state index in [-0.39, 0.29) is 25.7 Å². The molecule has 0 aliphatic rings. The molecule has 6 heteroatoms. The van der Waals surface area contributed by atoms with Crippen molar-refractivity contribution in [1.82, 2.24) is 0 Å². The summed E-state index contributed by atoms with van der Waals surface area (Å²) in [6, 6.07) is 6.99. The highest BCUT2D eigenvalue weighted by Crippen LogP contribution is 2.19. The van der Waals surface area contributed by atoms with Gasteiger partial charge < -0.3 is 19.9 Å². The number of anilines is 1. The summed E-state index contributed by atoms with van der Waals surface area (Å²) in [5.41, 5.74) is 6.18. The highest BCUT2D eigenvalue weighted by Gasteiger charge is 2.10. The van der Waals surface area contributed by atoms with E-state index in [9.17, 15) is 9.59 Å². The van der Waals surface area contributed by atoms with Crippen molar-refractivity contribution in [1.29, 1.82) is 0 Å². The lowest BCUT2D eigenvalue weighted by molar-refractivity contribution is -0.161. The number of nitrogens with two attached hydrogens (primary N) is 1. The molecule has 20 heavy (non-hydrogen) atoms. The van der Waals surface area contributed by atoms with Crippen LogP contribution in [0.1, 0.15) is 20.3 Å². The number of rotatable bonds is 7. The number of esters is 2. The van der Waals surface area contributed by atoms with Gasteiger partial charge in [0.05, 0.1) is 24.8 Å². The molecular weight excluding hydrogens is 262 g/mol. The van der Waals surface area contributed by atoms with Gasteiger partial charge in [-0.1, -0.05) is 12.1 Å². The lowest BCUT2D eigenvalue weighted by atomic mass is 10.3. The summed E-state index contributed by atoms with van der Waals surface area (Å²) >= 11 is 0. The number of para-hydroxylation sites is 2. The zero-order valence-corrected chi connectivity index (χ0v) is 11.6. The first kappa shape index (κ1) is 15.8. The van der Waals surface area contributed by atoms with Gasteiger partial charge in [-0.2, -0.15) is 0 Å². The highest BCUT2D eigenvalue weighted by molar-refractivity contribution is 5.76. The minimum atomic E-state index is -0.568. The van der Waals surface area contributed by atoms with Crippen LogP contribution in [0.5, 0.6) is 5.75 Å². The highest BCUT2D eigenvalue weighted by atomic mass is 16.6. The van der Waals surface area contributed by atoms with E-state index in [0.717, 1.165) is 0 Å². The number of nitrogen functional groups attached to an aromatic ring is 1. The van der Waals surface area contributed by atoms with E-state index in [1.165, 1.54) is 0 Å². The van der Waals surface area contributed by atoms with Gasteiger partial charge in [-0.05, 0) is 26.0 Å². The zero-order chi connectivity index (χ0) is 15.0. The first-order valence-electron chi connectivity index (χ1n) is 6.31. The molecule has 1 rings (SSSR count). The summed E-state index contributed by atoms with van der Waals surface area (Å²) in [5, 5.41) is 0. The second kappa shape index (κ2) is 8.04. The van der Waals surface area contributed by atoms with Gasteiger partial charge in [-0.25, -0.2) is 4.79 Å². The van der Waals surface area contributed by atoms with Crippen molar-refractivity contribution in [3.8, 4) is 5.75 Å². The Morgan fingerprint density at radius 3 is 2.55 bits per heavy atom. The Bertz CT molecular complexity index is 459. The fourth-order valence-corrected chi connectivity index (χ4v) is 1.36. The molecule has 0 saturated heterocycles. The zero-order valence-electron chi connectivity index (χ0n) is 11.6. The molecule has 0 aromatic heterocycles. The molecule has 0 unspecified atom stereocenters. The molecule has 0 aliphatic heterocycles. The molecule has 0 aliphatic carbocycles. The Hall–Kier alpha value is -2.24. The Labute approximate surface area is 117 Å². The predicted octanol–water partition coefficient (Wildman–Crippen LogP) is 1.53. The van der Waals surface area contributed by atoms with E-state index < -0.39 is 11.9 Å². The molecule has 2 N–H and O–H groups in total. The third kappa shape index (κ3) is 6.08. The average molecular weight is 281 g/mol. The van der Waals surface area contributed by atoms with E-state index in [1.54, 1.807) is 38.1 Å². The van der Waals surface area contributed by atoms with Crippen molar-refractivity contribution < 1.29 is 23.8 Å². The van der Waals surface area contributed by atoms with Crippen molar-refractivity contribution in [2.24, 2.45) is 0 Å². The van der Waals surface area contributed by atoms with Crippen LogP contribution in [0, 0.1) is 0 Å². The number of benzene rings is 1. The van der Waals surface area contributed by atoms with Crippen LogP contribution in [-0.2, 0) is 19.1 Å². The van der Waals surface area contributed by atoms with E-state index in [2.05, 4.69) is 0 Å². The van der Waals surface area contributed by atoms with Crippen LogP contribution in [0.4, 0.5) is 5.69 Å². The van der Waals surface area contributed by atoms with Crippen molar-refractivity contribution in [2.45, 2.75) is 26.4 Å². The molecule has 1 aromatic rings. The lowest BCUT2D eigenvalue weighted by Gasteiger charge is -2.09. The molecule has 0 bridgehead atoms. The minimum Gasteiger partial charge on any atom is -0.491 e. The van der Waals surface area contributed by atoms with Crippen LogP contribution in [-0.4, -0.2) is 31.3 Å². The Morgan fingerprint density at radius 2 is 1.90 bits per heavy atom. The van der Waals surface area contributed by atoms with Gasteiger partial charge in [0.15, 0.2) is 6.61 Å². The first-order chi connectivity index (χ1) is 9.49. The maximum absolute atomic E-state index is 11.4. The first-order valence-corrected chi connectivity index (χ1v) is 6.31. The van der Waals surface area contributed by atoms with E-state index in [1.807, 2.05) is 0 Å². The van der Waals surface area contributed by atoms with E-state index in [4.69, 9.17) is 19.9 Å². The minimum absolute atomic E-state index is 0.0310. The maximum Gasteiger partial charge on any atom is 0.344 e. The van der Waals surface area contributed by atoms with Crippen molar-refractivity contribution in [2.75, 3.05) is 18.9 Å². The van der Waals surface area contributed by atoms with Crippen LogP contribution >= 0.6 is 0 Å². The fraction of sp³-hybridized carbons (Fsp3) is 0.429. The molecule has 0 atom stereocenters. The Balaban J connectivity index is 2.21. The van der Waals surface area contributed by atoms with Crippen LogP contribution in [0.2, 0.25) is 0 Å². The van der Waals surface area contributed by atoms with Crippen molar-refractivity contribution >= 4 is 17.6 Å². The number of carbonyl (C=O) groups is 2. The summed E-state index contributed by atoms with van der Waals surface area (Å²) in [5.74, 6) is -0.582. The van der Waals surface area contributed by atoms with Crippen molar-refractivity contribution in [3.05, 3.63) is 24.3 Å². The molecular formula is C14H19NO5. The van der Waals surface area contributed by atoms with Gasteiger partial charge >= 0.3 is 11.9 Å². The summed E-state index contributed by atoms with van der Waals surface area (Å²) in [4.78, 5) is 22.5. The Kier molecular flexibility index (Phi) is 6.36. The third-order valence-electron chi connectivity index (χ3n) is 2.20. The third-order valence-corrected chi connectivity index (χ3v) is 2.20. The molecule has 6 nitrogen and oxygen atoms in total. The topological polar surface area (TPSA) is 87.8 Å². The molecule has 0 heterocycles.